The second kappa shape index (κ2) is 7.99. The van der Waals surface area contributed by atoms with Crippen molar-refractivity contribution < 1.29 is 13.5 Å². The molecular weight excluding hydrogens is 418 g/mol. The number of hydrogen-bond donors (Lipinski definition) is 1. The van der Waals surface area contributed by atoms with Crippen molar-refractivity contribution in [3.8, 4) is 17.1 Å². The highest BCUT2D eigenvalue weighted by Crippen LogP contribution is 2.31. The predicted molar refractivity (Wildman–Crippen MR) is 114 cm³/mol. The molecule has 5 rings (SSSR count). The molecule has 1 N–H and O–H groups in total. The summed E-state index contributed by atoms with van der Waals surface area (Å²) in [6.07, 6.45) is 1.39. The van der Waals surface area contributed by atoms with Gasteiger partial charge in [0.25, 0.3) is 5.56 Å². The summed E-state index contributed by atoms with van der Waals surface area (Å²) >= 11 is 0. The first-order chi connectivity index (χ1) is 15.6. The largest absolute Gasteiger partial charge is 0.434 e. The number of ether oxygens (including phenoxy) is 1. The van der Waals surface area contributed by atoms with Gasteiger partial charge in [0.1, 0.15) is 11.4 Å². The first kappa shape index (κ1) is 19.5. The van der Waals surface area contributed by atoms with E-state index in [0.29, 0.717) is 22.1 Å². The fourth-order valence-corrected chi connectivity index (χ4v) is 3.27. The minimum Gasteiger partial charge on any atom is -0.434 e. The Balaban J connectivity index is 1.73. The van der Waals surface area contributed by atoms with E-state index in [-0.39, 0.29) is 23.2 Å². The van der Waals surface area contributed by atoms with Crippen molar-refractivity contribution in [2.75, 3.05) is 5.32 Å². The minimum absolute atomic E-state index is 0.0497. The number of halogens is 2. The summed E-state index contributed by atoms with van der Waals surface area (Å²) in [5, 5.41) is 8.14. The van der Waals surface area contributed by atoms with Gasteiger partial charge in [-0.25, -0.2) is 15.0 Å². The van der Waals surface area contributed by atoms with Crippen molar-refractivity contribution in [3.63, 3.8) is 0 Å². The maximum absolute atomic E-state index is 12.9. The van der Waals surface area contributed by atoms with Gasteiger partial charge in [-0.05, 0) is 36.4 Å². The average Bonchev–Trinajstić information content (AvgIpc) is 3.14. The van der Waals surface area contributed by atoms with Gasteiger partial charge in [0, 0.05) is 11.6 Å². The number of fused-ring (bicyclic) bond motifs is 3. The van der Waals surface area contributed by atoms with Crippen LogP contribution in [0.4, 0.5) is 20.4 Å². The molecule has 0 aliphatic carbocycles. The number of nitrogens with zero attached hydrogens (tertiary/aromatic N) is 5. The number of rotatable bonds is 5. The van der Waals surface area contributed by atoms with Crippen LogP contribution in [0.3, 0.4) is 0 Å². The number of hydrogen-bond acceptors (Lipinski definition) is 7. The van der Waals surface area contributed by atoms with E-state index >= 15 is 0 Å². The SMILES string of the molecule is O=c1nccccc1Nc1nc2ccccc2c2nc(-c3ccccc3OC(F)F)nn12. The Labute approximate surface area is 179 Å². The van der Waals surface area contributed by atoms with E-state index in [0.717, 1.165) is 0 Å². The monoisotopic (exact) mass is 432 g/mol. The zero-order valence-corrected chi connectivity index (χ0v) is 16.3. The molecule has 32 heavy (non-hydrogen) atoms. The van der Waals surface area contributed by atoms with Crippen LogP contribution in [-0.2, 0) is 0 Å². The lowest BCUT2D eigenvalue weighted by atomic mass is 10.2. The Morgan fingerprint density at radius 2 is 1.72 bits per heavy atom. The molecule has 0 radical (unpaired) electrons. The maximum atomic E-state index is 12.9. The third-order valence-electron chi connectivity index (χ3n) is 4.65. The van der Waals surface area contributed by atoms with Gasteiger partial charge < -0.3 is 10.1 Å². The zero-order valence-electron chi connectivity index (χ0n) is 16.3. The van der Waals surface area contributed by atoms with E-state index in [2.05, 4.69) is 30.1 Å². The summed E-state index contributed by atoms with van der Waals surface area (Å²) < 4.78 is 31.8. The van der Waals surface area contributed by atoms with Gasteiger partial charge in [0.2, 0.25) is 5.95 Å². The molecule has 0 amide bonds. The van der Waals surface area contributed by atoms with Crippen LogP contribution in [0.15, 0.2) is 77.7 Å². The van der Waals surface area contributed by atoms with Gasteiger partial charge in [0.15, 0.2) is 11.5 Å². The Kier molecular flexibility index (Phi) is 4.86. The summed E-state index contributed by atoms with van der Waals surface area (Å²) in [7, 11) is 0. The standard InChI is InChI=1S/C22H14F2N6O2/c23-21(24)32-17-11-4-2-8-14(17)18-28-19-13-7-1-3-9-15(13)26-22(30(19)29-18)27-16-10-5-6-12-25-20(16)31/h1-12,21H,(H,25,26,27,31). The van der Waals surface area contributed by atoms with Crippen LogP contribution >= 0.6 is 0 Å². The van der Waals surface area contributed by atoms with Crippen molar-refractivity contribution >= 4 is 28.2 Å². The molecule has 3 heterocycles. The summed E-state index contributed by atoms with van der Waals surface area (Å²) in [6, 6.07) is 18.4. The average molecular weight is 432 g/mol. The van der Waals surface area contributed by atoms with Crippen LogP contribution in [0.1, 0.15) is 0 Å². The fourth-order valence-electron chi connectivity index (χ4n) is 3.27. The molecule has 0 spiro atoms. The number of anilines is 2. The van der Waals surface area contributed by atoms with Crippen LogP contribution in [0.2, 0.25) is 0 Å². The molecule has 158 valence electrons. The lowest BCUT2D eigenvalue weighted by molar-refractivity contribution is -0.0494. The first-order valence-corrected chi connectivity index (χ1v) is 9.52. The van der Waals surface area contributed by atoms with E-state index in [1.807, 2.05) is 18.2 Å². The molecular formula is C22H14F2N6O2. The Morgan fingerprint density at radius 3 is 2.59 bits per heavy atom. The lowest BCUT2D eigenvalue weighted by Gasteiger charge is -2.08. The second-order valence-electron chi connectivity index (χ2n) is 6.67. The minimum atomic E-state index is -2.99. The summed E-state index contributed by atoms with van der Waals surface area (Å²) in [5.74, 6) is 0.336. The van der Waals surface area contributed by atoms with Gasteiger partial charge in [-0.3, -0.25) is 4.79 Å². The van der Waals surface area contributed by atoms with Crippen molar-refractivity contribution in [3.05, 3.63) is 83.3 Å². The fraction of sp³-hybridized carbons (Fsp3) is 0.0455. The van der Waals surface area contributed by atoms with E-state index in [9.17, 15) is 13.6 Å². The highest BCUT2D eigenvalue weighted by molar-refractivity contribution is 5.93. The van der Waals surface area contributed by atoms with Crippen LogP contribution in [0.25, 0.3) is 27.9 Å². The smallest absolute Gasteiger partial charge is 0.387 e. The molecule has 0 unspecified atom stereocenters. The number of benzene rings is 2. The van der Waals surface area contributed by atoms with Crippen LogP contribution < -0.4 is 15.6 Å². The highest BCUT2D eigenvalue weighted by atomic mass is 19.3. The predicted octanol–water partition coefficient (Wildman–Crippen LogP) is 4.04. The molecule has 3 aromatic heterocycles. The van der Waals surface area contributed by atoms with Crippen LogP contribution in [0.5, 0.6) is 5.75 Å². The molecule has 0 fully saturated rings. The Bertz CT molecular complexity index is 1510. The summed E-state index contributed by atoms with van der Waals surface area (Å²) in [6.45, 7) is -2.99. The van der Waals surface area contributed by atoms with E-state index in [4.69, 9.17) is 0 Å². The molecule has 0 aliphatic rings. The van der Waals surface area contributed by atoms with Crippen molar-refractivity contribution in [1.82, 2.24) is 24.6 Å². The maximum Gasteiger partial charge on any atom is 0.387 e. The molecule has 0 atom stereocenters. The topological polar surface area (TPSA) is 94.3 Å². The van der Waals surface area contributed by atoms with E-state index < -0.39 is 12.2 Å². The molecule has 0 saturated heterocycles. The third kappa shape index (κ3) is 3.58. The Morgan fingerprint density at radius 1 is 0.938 bits per heavy atom. The van der Waals surface area contributed by atoms with E-state index in [1.54, 1.807) is 42.5 Å². The number of aromatic nitrogens is 5. The Hall–Kier alpha value is -4.47. The van der Waals surface area contributed by atoms with Gasteiger partial charge >= 0.3 is 6.61 Å². The van der Waals surface area contributed by atoms with Gasteiger partial charge in [0.05, 0.1) is 11.1 Å². The summed E-state index contributed by atoms with van der Waals surface area (Å²) in [4.78, 5) is 25.2. The normalized spacial score (nSPS) is 11.2. The number of para-hydroxylation sites is 2. The van der Waals surface area contributed by atoms with Gasteiger partial charge in [-0.1, -0.05) is 30.3 Å². The third-order valence-corrected chi connectivity index (χ3v) is 4.65. The van der Waals surface area contributed by atoms with Crippen LogP contribution in [0, 0.1) is 0 Å². The molecule has 0 aliphatic heterocycles. The number of alkyl halides is 2. The number of nitrogens with one attached hydrogen (secondary N) is 1. The molecule has 5 aromatic rings. The molecule has 2 aromatic carbocycles. The second-order valence-corrected chi connectivity index (χ2v) is 6.67. The molecule has 8 nitrogen and oxygen atoms in total. The van der Waals surface area contributed by atoms with Crippen molar-refractivity contribution in [2.45, 2.75) is 6.61 Å². The van der Waals surface area contributed by atoms with E-state index in [1.165, 1.54) is 16.8 Å². The first-order valence-electron chi connectivity index (χ1n) is 9.52. The molecule has 0 saturated carbocycles. The quantitative estimate of drug-likeness (QED) is 0.448. The summed E-state index contributed by atoms with van der Waals surface area (Å²) in [5.41, 5.74) is 1.05. The van der Waals surface area contributed by atoms with Crippen molar-refractivity contribution in [2.24, 2.45) is 0 Å². The van der Waals surface area contributed by atoms with Gasteiger partial charge in [-0.15, -0.1) is 5.10 Å². The lowest BCUT2D eigenvalue weighted by Crippen LogP contribution is -2.11. The van der Waals surface area contributed by atoms with Gasteiger partial charge in [-0.2, -0.15) is 13.3 Å². The zero-order chi connectivity index (χ0) is 22.1. The van der Waals surface area contributed by atoms with Crippen molar-refractivity contribution in [1.29, 1.82) is 0 Å². The molecule has 10 heteroatoms. The highest BCUT2D eigenvalue weighted by Gasteiger charge is 2.18. The molecule has 0 bridgehead atoms. The van der Waals surface area contributed by atoms with Crippen LogP contribution in [-0.4, -0.2) is 31.2 Å².